The van der Waals surface area contributed by atoms with Crippen LogP contribution in [0.1, 0.15) is 16.1 Å². The van der Waals surface area contributed by atoms with Crippen molar-refractivity contribution in [2.45, 2.75) is 6.54 Å². The molecule has 0 amide bonds. The molecule has 1 atom stereocenters. The molecule has 0 aliphatic carbocycles. The summed E-state index contributed by atoms with van der Waals surface area (Å²) in [6.45, 7) is 0.268. The topological polar surface area (TPSA) is 115 Å². The van der Waals surface area contributed by atoms with E-state index in [0.29, 0.717) is 5.76 Å². The zero-order chi connectivity index (χ0) is 15.4. The molecule has 21 heavy (non-hydrogen) atoms. The lowest BCUT2D eigenvalue weighted by molar-refractivity contribution is 0.0698. The third kappa shape index (κ3) is 3.97. The number of carboxylic acid groups (broad SMARTS) is 1. The van der Waals surface area contributed by atoms with Gasteiger partial charge < -0.3 is 24.1 Å². The van der Waals surface area contributed by atoms with E-state index in [1.54, 1.807) is 12.1 Å². The van der Waals surface area contributed by atoms with Gasteiger partial charge in [0.25, 0.3) is 0 Å². The first-order valence-corrected chi connectivity index (χ1v) is 7.11. The summed E-state index contributed by atoms with van der Waals surface area (Å²) < 4.78 is 28.4. The Kier molecular flexibility index (Phi) is 4.84. The van der Waals surface area contributed by atoms with E-state index >= 15 is 0 Å². The minimum Gasteiger partial charge on any atom is -0.755 e. The van der Waals surface area contributed by atoms with Crippen LogP contribution in [-0.4, -0.2) is 19.8 Å². The number of aromatic carboxylic acids is 1. The van der Waals surface area contributed by atoms with Crippen LogP contribution in [0.15, 0.2) is 34.9 Å². The Morgan fingerprint density at radius 2 is 2.19 bits per heavy atom. The Labute approximate surface area is 127 Å². The van der Waals surface area contributed by atoms with Crippen LogP contribution in [0.25, 0.3) is 0 Å². The molecule has 0 fully saturated rings. The van der Waals surface area contributed by atoms with Gasteiger partial charge in [-0.3, -0.25) is 4.21 Å². The summed E-state index contributed by atoms with van der Waals surface area (Å²) in [5, 5.41) is 12.1. The maximum atomic E-state index is 11.2. The monoisotopic (exact) mass is 329 g/mol. The number of benzene rings is 1. The van der Waals surface area contributed by atoms with E-state index in [-0.39, 0.29) is 28.5 Å². The first-order valence-electron chi connectivity index (χ1n) is 5.66. The summed E-state index contributed by atoms with van der Waals surface area (Å²) in [4.78, 5) is 11.2. The number of anilines is 2. The highest BCUT2D eigenvalue weighted by Gasteiger charge is 2.14. The Balaban J connectivity index is 2.29. The maximum absolute atomic E-state index is 11.2. The van der Waals surface area contributed by atoms with Crippen LogP contribution < -0.4 is 10.0 Å². The smallest absolute Gasteiger partial charge is 0.337 e. The van der Waals surface area contributed by atoms with Crippen molar-refractivity contribution in [3.63, 3.8) is 0 Å². The number of furan rings is 1. The summed E-state index contributed by atoms with van der Waals surface area (Å²) in [6.07, 6.45) is 1.50. The van der Waals surface area contributed by atoms with Gasteiger partial charge in [-0.15, -0.1) is 0 Å². The molecule has 0 bridgehead atoms. The number of carboxylic acids is 1. The molecule has 0 saturated carbocycles. The van der Waals surface area contributed by atoms with Crippen molar-refractivity contribution < 1.29 is 23.1 Å². The number of hydrogen-bond donors (Lipinski definition) is 3. The van der Waals surface area contributed by atoms with Crippen molar-refractivity contribution in [2.24, 2.45) is 0 Å². The molecule has 0 spiro atoms. The van der Waals surface area contributed by atoms with E-state index in [1.807, 2.05) is 4.72 Å². The Morgan fingerprint density at radius 3 is 2.76 bits per heavy atom. The summed E-state index contributed by atoms with van der Waals surface area (Å²) in [6, 6.07) is 5.91. The van der Waals surface area contributed by atoms with E-state index in [4.69, 9.17) is 16.0 Å². The number of rotatable bonds is 6. The molecule has 0 radical (unpaired) electrons. The number of carbonyl (C=O) groups is 1. The quantitative estimate of drug-likeness (QED) is 0.701. The van der Waals surface area contributed by atoms with E-state index in [1.165, 1.54) is 12.3 Å². The highest BCUT2D eigenvalue weighted by Crippen LogP contribution is 2.30. The fourth-order valence-electron chi connectivity index (χ4n) is 1.66. The van der Waals surface area contributed by atoms with Gasteiger partial charge in [0.15, 0.2) is 0 Å². The molecule has 1 aromatic carbocycles. The lowest BCUT2D eigenvalue weighted by Crippen LogP contribution is -2.09. The van der Waals surface area contributed by atoms with Crippen LogP contribution in [0.4, 0.5) is 11.4 Å². The Hall–Kier alpha value is -2.03. The predicted octanol–water partition coefficient (Wildman–Crippen LogP) is 2.45. The molecule has 1 unspecified atom stereocenters. The first-order chi connectivity index (χ1) is 9.97. The summed E-state index contributed by atoms with van der Waals surface area (Å²) in [5.74, 6) is -0.598. The van der Waals surface area contributed by atoms with Crippen LogP contribution in [0.5, 0.6) is 0 Å². The molecule has 1 aromatic heterocycles. The van der Waals surface area contributed by atoms with Crippen LogP contribution in [0.2, 0.25) is 5.02 Å². The van der Waals surface area contributed by atoms with Crippen molar-refractivity contribution in [3.8, 4) is 0 Å². The van der Waals surface area contributed by atoms with Crippen molar-refractivity contribution in [2.75, 3.05) is 10.0 Å². The SMILES string of the molecule is O=C(O)c1cc(NS(=O)[O-])c(Cl)cc1NCc1ccco1. The lowest BCUT2D eigenvalue weighted by Gasteiger charge is -2.14. The molecule has 0 aliphatic rings. The molecule has 112 valence electrons. The zero-order valence-corrected chi connectivity index (χ0v) is 12.0. The summed E-state index contributed by atoms with van der Waals surface area (Å²) in [5.41, 5.74) is 0.135. The van der Waals surface area contributed by atoms with Crippen LogP contribution in [0.3, 0.4) is 0 Å². The molecule has 7 nitrogen and oxygen atoms in total. The van der Waals surface area contributed by atoms with Gasteiger partial charge in [-0.2, -0.15) is 0 Å². The second-order valence-electron chi connectivity index (χ2n) is 3.95. The largest absolute Gasteiger partial charge is 0.755 e. The van der Waals surface area contributed by atoms with Gasteiger partial charge >= 0.3 is 5.97 Å². The van der Waals surface area contributed by atoms with Gasteiger partial charge in [0.1, 0.15) is 5.76 Å². The molecule has 0 aliphatic heterocycles. The zero-order valence-electron chi connectivity index (χ0n) is 10.5. The average Bonchev–Trinajstić information content (AvgIpc) is 2.91. The number of hydrogen-bond acceptors (Lipinski definition) is 5. The molecule has 0 saturated heterocycles. The van der Waals surface area contributed by atoms with Gasteiger partial charge in [0.2, 0.25) is 0 Å². The van der Waals surface area contributed by atoms with Crippen LogP contribution >= 0.6 is 11.6 Å². The highest BCUT2D eigenvalue weighted by molar-refractivity contribution is 7.80. The minimum atomic E-state index is -2.60. The third-order valence-electron chi connectivity index (χ3n) is 2.56. The fourth-order valence-corrected chi connectivity index (χ4v) is 2.28. The van der Waals surface area contributed by atoms with Gasteiger partial charge in [0, 0.05) is 11.3 Å². The van der Waals surface area contributed by atoms with Gasteiger partial charge in [-0.1, -0.05) is 11.6 Å². The van der Waals surface area contributed by atoms with E-state index < -0.39 is 17.2 Å². The molecule has 9 heteroatoms. The van der Waals surface area contributed by atoms with Gasteiger partial charge in [-0.05, 0) is 24.3 Å². The Bertz CT molecular complexity index is 675. The lowest BCUT2D eigenvalue weighted by atomic mass is 10.1. The molecule has 2 rings (SSSR count). The summed E-state index contributed by atoms with van der Waals surface area (Å²) in [7, 11) is 0. The highest BCUT2D eigenvalue weighted by atomic mass is 35.5. The molecular formula is C12H10ClN2O5S-. The summed E-state index contributed by atoms with van der Waals surface area (Å²) >= 11 is 3.32. The van der Waals surface area contributed by atoms with Gasteiger partial charge in [0.05, 0.1) is 34.8 Å². The van der Waals surface area contributed by atoms with Crippen molar-refractivity contribution in [3.05, 3.63) is 46.9 Å². The third-order valence-corrected chi connectivity index (χ3v) is 3.26. The van der Waals surface area contributed by atoms with Crippen LogP contribution in [0, 0.1) is 0 Å². The standard InChI is InChI=1S/C12H11ClN2O5S/c13-9-5-10(14-6-7-2-1-3-20-7)8(12(16)17)4-11(9)15-21(18)19/h1-5,14-15H,6H2,(H,16,17)(H,18,19)/p-1. The first kappa shape index (κ1) is 15.4. The molecule has 3 N–H and O–H groups in total. The number of nitrogens with one attached hydrogen (secondary N) is 2. The Morgan fingerprint density at radius 1 is 1.43 bits per heavy atom. The maximum Gasteiger partial charge on any atom is 0.337 e. The predicted molar refractivity (Wildman–Crippen MR) is 77.0 cm³/mol. The fraction of sp³-hybridized carbons (Fsp3) is 0.0833. The van der Waals surface area contributed by atoms with Gasteiger partial charge in [-0.25, -0.2) is 4.79 Å². The van der Waals surface area contributed by atoms with E-state index in [2.05, 4.69) is 5.32 Å². The van der Waals surface area contributed by atoms with Crippen molar-refractivity contribution in [1.29, 1.82) is 0 Å². The average molecular weight is 330 g/mol. The second kappa shape index (κ2) is 6.61. The minimum absolute atomic E-state index is 0.00838. The number of halogens is 1. The molecule has 2 aromatic rings. The normalized spacial score (nSPS) is 11.9. The van der Waals surface area contributed by atoms with Crippen LogP contribution in [-0.2, 0) is 17.8 Å². The molecular weight excluding hydrogens is 320 g/mol. The van der Waals surface area contributed by atoms with E-state index in [0.717, 1.165) is 6.07 Å². The van der Waals surface area contributed by atoms with Crippen molar-refractivity contribution >= 4 is 40.2 Å². The van der Waals surface area contributed by atoms with Crippen molar-refractivity contribution in [1.82, 2.24) is 0 Å². The van der Waals surface area contributed by atoms with E-state index in [9.17, 15) is 18.7 Å². The molecule has 1 heterocycles. The second-order valence-corrected chi connectivity index (χ2v) is 5.03.